The molecule has 0 radical (unpaired) electrons. The predicted octanol–water partition coefficient (Wildman–Crippen LogP) is 2.30. The summed E-state index contributed by atoms with van der Waals surface area (Å²) in [5, 5.41) is 9.23. The van der Waals surface area contributed by atoms with Crippen LogP contribution in [-0.2, 0) is 16.1 Å². The van der Waals surface area contributed by atoms with E-state index in [1.165, 1.54) is 11.8 Å². The van der Waals surface area contributed by atoms with Crippen molar-refractivity contribution in [1.29, 1.82) is 0 Å². The van der Waals surface area contributed by atoms with Gasteiger partial charge >= 0.3 is 0 Å². The SMILES string of the molecule is CCn1c(SC(C)C(=O)N2CCOCC2)nnc1-c1ccccc1. The van der Waals surface area contributed by atoms with E-state index in [-0.39, 0.29) is 11.2 Å². The Morgan fingerprint density at radius 2 is 1.96 bits per heavy atom. The van der Waals surface area contributed by atoms with Crippen LogP contribution in [0.1, 0.15) is 13.8 Å². The highest BCUT2D eigenvalue weighted by Gasteiger charge is 2.25. The molecule has 1 unspecified atom stereocenters. The summed E-state index contributed by atoms with van der Waals surface area (Å²) in [7, 11) is 0. The lowest BCUT2D eigenvalue weighted by Crippen LogP contribution is -2.44. The lowest BCUT2D eigenvalue weighted by atomic mass is 10.2. The first-order valence-corrected chi connectivity index (χ1v) is 9.10. The summed E-state index contributed by atoms with van der Waals surface area (Å²) in [6, 6.07) is 10.00. The van der Waals surface area contributed by atoms with Crippen molar-refractivity contribution in [2.45, 2.75) is 30.8 Å². The standard InChI is InChI=1S/C17H22N4O2S/c1-3-21-15(14-7-5-4-6-8-14)18-19-17(21)24-13(2)16(22)20-9-11-23-12-10-20/h4-8,13H,3,9-12H2,1-2H3. The molecule has 0 N–H and O–H groups in total. The van der Waals surface area contributed by atoms with Gasteiger partial charge in [-0.25, -0.2) is 0 Å². The number of carbonyl (C=O) groups is 1. The molecule has 1 saturated heterocycles. The highest BCUT2D eigenvalue weighted by Crippen LogP contribution is 2.27. The predicted molar refractivity (Wildman–Crippen MR) is 93.9 cm³/mol. The number of hydrogen-bond acceptors (Lipinski definition) is 5. The molecule has 0 spiro atoms. The molecule has 3 rings (SSSR count). The summed E-state index contributed by atoms with van der Waals surface area (Å²) in [6.45, 7) is 7.32. The molecule has 1 amide bonds. The van der Waals surface area contributed by atoms with Crippen molar-refractivity contribution in [3.63, 3.8) is 0 Å². The molecule has 6 nitrogen and oxygen atoms in total. The highest BCUT2D eigenvalue weighted by molar-refractivity contribution is 8.00. The Morgan fingerprint density at radius 1 is 1.25 bits per heavy atom. The molecule has 1 aliphatic rings. The van der Waals surface area contributed by atoms with Gasteiger partial charge in [0.25, 0.3) is 0 Å². The van der Waals surface area contributed by atoms with Crippen LogP contribution in [0.5, 0.6) is 0 Å². The lowest BCUT2D eigenvalue weighted by Gasteiger charge is -2.28. The van der Waals surface area contributed by atoms with Gasteiger partial charge < -0.3 is 14.2 Å². The monoisotopic (exact) mass is 346 g/mol. The van der Waals surface area contributed by atoms with Gasteiger partial charge in [-0.1, -0.05) is 42.1 Å². The van der Waals surface area contributed by atoms with Gasteiger partial charge in [0.2, 0.25) is 5.91 Å². The molecule has 1 fully saturated rings. The molecule has 2 aromatic rings. The zero-order chi connectivity index (χ0) is 16.9. The number of benzene rings is 1. The van der Waals surface area contributed by atoms with Crippen molar-refractivity contribution >= 4 is 17.7 Å². The maximum Gasteiger partial charge on any atom is 0.236 e. The van der Waals surface area contributed by atoms with Crippen LogP contribution in [0.4, 0.5) is 0 Å². The fraction of sp³-hybridized carbons (Fsp3) is 0.471. The maximum absolute atomic E-state index is 12.6. The van der Waals surface area contributed by atoms with Gasteiger partial charge in [-0.15, -0.1) is 10.2 Å². The number of aromatic nitrogens is 3. The summed E-state index contributed by atoms with van der Waals surface area (Å²) < 4.78 is 7.37. The van der Waals surface area contributed by atoms with Crippen LogP contribution in [-0.4, -0.2) is 57.1 Å². The highest BCUT2D eigenvalue weighted by atomic mass is 32.2. The minimum absolute atomic E-state index is 0.134. The van der Waals surface area contributed by atoms with Crippen LogP contribution >= 0.6 is 11.8 Å². The fourth-order valence-corrected chi connectivity index (χ4v) is 3.71. The number of hydrogen-bond donors (Lipinski definition) is 0. The third-order valence-corrected chi connectivity index (χ3v) is 5.09. The van der Waals surface area contributed by atoms with Crippen molar-refractivity contribution in [1.82, 2.24) is 19.7 Å². The second kappa shape index (κ2) is 7.81. The Labute approximate surface area is 146 Å². The first kappa shape index (κ1) is 17.0. The number of nitrogens with zero attached hydrogens (tertiary/aromatic N) is 4. The van der Waals surface area contributed by atoms with E-state index >= 15 is 0 Å². The van der Waals surface area contributed by atoms with Gasteiger partial charge in [0, 0.05) is 25.2 Å². The summed E-state index contributed by atoms with van der Waals surface area (Å²) in [5.41, 5.74) is 1.03. The fourth-order valence-electron chi connectivity index (χ4n) is 2.71. The zero-order valence-electron chi connectivity index (χ0n) is 14.0. The van der Waals surface area contributed by atoms with Crippen molar-refractivity contribution in [3.05, 3.63) is 30.3 Å². The second-order valence-corrected chi connectivity index (χ2v) is 6.92. The molecule has 0 saturated carbocycles. The van der Waals surface area contributed by atoms with Gasteiger partial charge in [0.05, 0.1) is 18.5 Å². The van der Waals surface area contributed by atoms with E-state index in [4.69, 9.17) is 4.74 Å². The van der Waals surface area contributed by atoms with E-state index < -0.39 is 0 Å². The van der Waals surface area contributed by atoms with Gasteiger partial charge in [-0.3, -0.25) is 4.79 Å². The molecule has 1 aromatic heterocycles. The van der Waals surface area contributed by atoms with Gasteiger partial charge in [-0.2, -0.15) is 0 Å². The minimum atomic E-state index is -0.193. The lowest BCUT2D eigenvalue weighted by molar-refractivity contribution is -0.134. The average Bonchev–Trinajstić information content (AvgIpc) is 3.05. The normalized spacial score (nSPS) is 16.2. The van der Waals surface area contributed by atoms with Crippen LogP contribution in [0.15, 0.2) is 35.5 Å². The third kappa shape index (κ3) is 3.62. The maximum atomic E-state index is 12.6. The molecule has 7 heteroatoms. The van der Waals surface area contributed by atoms with Crippen molar-refractivity contribution in [3.8, 4) is 11.4 Å². The number of amides is 1. The quantitative estimate of drug-likeness (QED) is 0.778. The first-order chi connectivity index (χ1) is 11.7. The Balaban J connectivity index is 1.75. The van der Waals surface area contributed by atoms with Gasteiger partial charge in [0.15, 0.2) is 11.0 Å². The molecule has 0 aliphatic carbocycles. The molecule has 1 atom stereocenters. The van der Waals surface area contributed by atoms with Crippen LogP contribution in [0, 0.1) is 0 Å². The number of carbonyl (C=O) groups excluding carboxylic acids is 1. The minimum Gasteiger partial charge on any atom is -0.378 e. The number of rotatable bonds is 5. The van der Waals surface area contributed by atoms with Crippen molar-refractivity contribution in [2.75, 3.05) is 26.3 Å². The molecular formula is C17H22N4O2S. The van der Waals surface area contributed by atoms with E-state index in [1.54, 1.807) is 0 Å². The van der Waals surface area contributed by atoms with E-state index in [0.717, 1.165) is 23.1 Å². The number of thioether (sulfide) groups is 1. The van der Waals surface area contributed by atoms with E-state index in [9.17, 15) is 4.79 Å². The van der Waals surface area contributed by atoms with Gasteiger partial charge in [0.1, 0.15) is 0 Å². The Morgan fingerprint density at radius 3 is 2.62 bits per heavy atom. The second-order valence-electron chi connectivity index (χ2n) is 5.61. The molecule has 2 heterocycles. The Kier molecular flexibility index (Phi) is 5.52. The van der Waals surface area contributed by atoms with Gasteiger partial charge in [-0.05, 0) is 13.8 Å². The van der Waals surface area contributed by atoms with E-state index in [1.807, 2.05) is 42.2 Å². The molecular weight excluding hydrogens is 324 g/mol. The molecule has 0 bridgehead atoms. The van der Waals surface area contributed by atoms with Crippen molar-refractivity contribution in [2.24, 2.45) is 0 Å². The largest absolute Gasteiger partial charge is 0.378 e. The summed E-state index contributed by atoms with van der Waals surface area (Å²) in [4.78, 5) is 14.4. The summed E-state index contributed by atoms with van der Waals surface area (Å²) in [5.74, 6) is 0.974. The topological polar surface area (TPSA) is 60.2 Å². The molecule has 24 heavy (non-hydrogen) atoms. The van der Waals surface area contributed by atoms with Crippen LogP contribution in [0.3, 0.4) is 0 Å². The number of ether oxygens (including phenoxy) is 1. The Bertz CT molecular complexity index is 683. The Hall–Kier alpha value is -1.86. The average molecular weight is 346 g/mol. The van der Waals surface area contributed by atoms with E-state index in [0.29, 0.717) is 26.3 Å². The summed E-state index contributed by atoms with van der Waals surface area (Å²) >= 11 is 1.47. The van der Waals surface area contributed by atoms with Crippen molar-refractivity contribution < 1.29 is 9.53 Å². The molecule has 1 aliphatic heterocycles. The van der Waals surface area contributed by atoms with Crippen LogP contribution in [0.2, 0.25) is 0 Å². The smallest absolute Gasteiger partial charge is 0.236 e. The molecule has 1 aromatic carbocycles. The summed E-state index contributed by atoms with van der Waals surface area (Å²) in [6.07, 6.45) is 0. The molecule has 128 valence electrons. The number of morpholine rings is 1. The van der Waals surface area contributed by atoms with E-state index in [2.05, 4.69) is 21.7 Å². The van der Waals surface area contributed by atoms with Crippen LogP contribution in [0.25, 0.3) is 11.4 Å². The zero-order valence-corrected chi connectivity index (χ0v) is 14.8. The van der Waals surface area contributed by atoms with Crippen LogP contribution < -0.4 is 0 Å². The first-order valence-electron chi connectivity index (χ1n) is 8.22. The third-order valence-electron chi connectivity index (χ3n) is 4.02.